The van der Waals surface area contributed by atoms with Crippen molar-refractivity contribution in [2.75, 3.05) is 6.54 Å². The Bertz CT molecular complexity index is 553. The number of halogens is 2. The highest BCUT2D eigenvalue weighted by Gasteiger charge is 2.20. The van der Waals surface area contributed by atoms with Crippen molar-refractivity contribution in [2.45, 2.75) is 19.4 Å². The fourth-order valence-corrected chi connectivity index (χ4v) is 2.37. The Morgan fingerprint density at radius 1 is 1.47 bits per heavy atom. The molecule has 0 spiro atoms. The van der Waals surface area contributed by atoms with Gasteiger partial charge in [0, 0.05) is 18.8 Å². The van der Waals surface area contributed by atoms with Crippen molar-refractivity contribution in [3.8, 4) is 0 Å². The van der Waals surface area contributed by atoms with Gasteiger partial charge in [-0.3, -0.25) is 0 Å². The first-order chi connectivity index (χ1) is 9.13. The molecule has 5 heteroatoms. The molecular formula is C14H17BrFN3. The average Bonchev–Trinajstić information content (AvgIpc) is 2.81. The molecule has 0 fully saturated rings. The highest BCUT2D eigenvalue weighted by Crippen LogP contribution is 2.27. The molecule has 1 aromatic heterocycles. The summed E-state index contributed by atoms with van der Waals surface area (Å²) in [6.07, 6.45) is 4.62. The second kappa shape index (κ2) is 6.30. The molecule has 1 aromatic carbocycles. The van der Waals surface area contributed by atoms with Crippen LogP contribution in [0.2, 0.25) is 0 Å². The molecule has 0 bridgehead atoms. The molecule has 1 atom stereocenters. The first-order valence-electron chi connectivity index (χ1n) is 6.28. The van der Waals surface area contributed by atoms with Crippen LogP contribution >= 0.6 is 15.9 Å². The molecule has 0 saturated carbocycles. The van der Waals surface area contributed by atoms with Crippen LogP contribution in [0.3, 0.4) is 0 Å². The number of imidazole rings is 1. The van der Waals surface area contributed by atoms with E-state index in [0.717, 1.165) is 18.7 Å². The highest BCUT2D eigenvalue weighted by molar-refractivity contribution is 9.10. The normalized spacial score (nSPS) is 12.6. The third-order valence-electron chi connectivity index (χ3n) is 2.91. The lowest BCUT2D eigenvalue weighted by molar-refractivity contribution is 0.537. The molecule has 3 nitrogen and oxygen atoms in total. The quantitative estimate of drug-likeness (QED) is 0.912. The standard InChI is InChI=1S/C14H17BrFN3/c1-3-7-17-14(12-8-19(2)9-18-12)10-5-4-6-11(15)13(10)16/h4-6,8-9,14,17H,3,7H2,1-2H3. The number of hydrogen-bond acceptors (Lipinski definition) is 2. The maximum Gasteiger partial charge on any atom is 0.142 e. The predicted octanol–water partition coefficient (Wildman–Crippen LogP) is 3.41. The minimum Gasteiger partial charge on any atom is -0.340 e. The van der Waals surface area contributed by atoms with Gasteiger partial charge < -0.3 is 9.88 Å². The van der Waals surface area contributed by atoms with Gasteiger partial charge in [-0.1, -0.05) is 19.1 Å². The molecule has 102 valence electrons. The SMILES string of the molecule is CCCNC(c1cn(C)cn1)c1cccc(Br)c1F. The van der Waals surface area contributed by atoms with E-state index in [0.29, 0.717) is 10.0 Å². The van der Waals surface area contributed by atoms with E-state index in [9.17, 15) is 4.39 Å². The Morgan fingerprint density at radius 3 is 2.89 bits per heavy atom. The van der Waals surface area contributed by atoms with Gasteiger partial charge in [-0.25, -0.2) is 9.37 Å². The average molecular weight is 326 g/mol. The van der Waals surface area contributed by atoms with E-state index in [1.165, 1.54) is 0 Å². The van der Waals surface area contributed by atoms with Gasteiger partial charge in [-0.2, -0.15) is 0 Å². The third kappa shape index (κ3) is 3.22. The number of aromatic nitrogens is 2. The van der Waals surface area contributed by atoms with Crippen molar-refractivity contribution in [2.24, 2.45) is 7.05 Å². The minimum atomic E-state index is -0.234. The fourth-order valence-electron chi connectivity index (χ4n) is 1.99. The minimum absolute atomic E-state index is 0.223. The summed E-state index contributed by atoms with van der Waals surface area (Å²) in [5, 5.41) is 3.35. The molecule has 0 aliphatic heterocycles. The number of benzene rings is 1. The number of hydrogen-bond donors (Lipinski definition) is 1. The zero-order chi connectivity index (χ0) is 13.8. The van der Waals surface area contributed by atoms with Crippen molar-refractivity contribution in [3.63, 3.8) is 0 Å². The Hall–Kier alpha value is -1.20. The van der Waals surface area contributed by atoms with E-state index in [4.69, 9.17) is 0 Å². The molecule has 0 amide bonds. The van der Waals surface area contributed by atoms with Crippen LogP contribution in [0.25, 0.3) is 0 Å². The van der Waals surface area contributed by atoms with E-state index in [2.05, 4.69) is 33.2 Å². The largest absolute Gasteiger partial charge is 0.340 e. The van der Waals surface area contributed by atoms with Gasteiger partial charge in [0.1, 0.15) is 5.82 Å². The second-order valence-corrected chi connectivity index (χ2v) is 5.35. The number of rotatable bonds is 5. The molecule has 0 saturated heterocycles. The smallest absolute Gasteiger partial charge is 0.142 e. The zero-order valence-electron chi connectivity index (χ0n) is 11.0. The predicted molar refractivity (Wildman–Crippen MR) is 77.4 cm³/mol. The van der Waals surface area contributed by atoms with Crippen molar-refractivity contribution in [1.82, 2.24) is 14.9 Å². The van der Waals surface area contributed by atoms with Crippen LogP contribution < -0.4 is 5.32 Å². The summed E-state index contributed by atoms with van der Waals surface area (Å²) in [6.45, 7) is 2.90. The van der Waals surface area contributed by atoms with Crippen LogP contribution in [0.15, 0.2) is 35.2 Å². The molecule has 1 N–H and O–H groups in total. The summed E-state index contributed by atoms with van der Waals surface area (Å²) in [7, 11) is 1.91. The lowest BCUT2D eigenvalue weighted by atomic mass is 10.0. The van der Waals surface area contributed by atoms with Crippen LogP contribution in [0.1, 0.15) is 30.6 Å². The van der Waals surface area contributed by atoms with Crippen molar-refractivity contribution in [3.05, 3.63) is 52.3 Å². The van der Waals surface area contributed by atoms with Crippen LogP contribution in [-0.4, -0.2) is 16.1 Å². The summed E-state index contributed by atoms with van der Waals surface area (Å²) in [6, 6.07) is 5.11. The van der Waals surface area contributed by atoms with Crippen molar-refractivity contribution >= 4 is 15.9 Å². The van der Waals surface area contributed by atoms with Crippen molar-refractivity contribution in [1.29, 1.82) is 0 Å². The van der Waals surface area contributed by atoms with Gasteiger partial charge in [0.2, 0.25) is 0 Å². The van der Waals surface area contributed by atoms with E-state index >= 15 is 0 Å². The molecule has 1 heterocycles. The molecule has 2 aromatic rings. The van der Waals surface area contributed by atoms with Gasteiger partial charge in [0.15, 0.2) is 0 Å². The number of nitrogens with zero attached hydrogens (tertiary/aromatic N) is 2. The van der Waals surface area contributed by atoms with E-state index in [1.807, 2.05) is 23.9 Å². The van der Waals surface area contributed by atoms with Crippen molar-refractivity contribution < 1.29 is 4.39 Å². The summed E-state index contributed by atoms with van der Waals surface area (Å²) >= 11 is 3.23. The Kier molecular flexibility index (Phi) is 4.71. The molecule has 0 radical (unpaired) electrons. The highest BCUT2D eigenvalue weighted by atomic mass is 79.9. The molecule has 0 aliphatic rings. The molecule has 19 heavy (non-hydrogen) atoms. The maximum atomic E-state index is 14.3. The number of aryl methyl sites for hydroxylation is 1. The maximum absolute atomic E-state index is 14.3. The lowest BCUT2D eigenvalue weighted by Gasteiger charge is -2.18. The Labute approximate surface area is 121 Å². The molecule has 2 rings (SSSR count). The summed E-state index contributed by atoms with van der Waals surface area (Å²) in [5.74, 6) is -0.234. The van der Waals surface area contributed by atoms with Gasteiger partial charge in [0.25, 0.3) is 0 Å². The Balaban J connectivity index is 2.39. The van der Waals surface area contributed by atoms with E-state index in [-0.39, 0.29) is 11.9 Å². The Morgan fingerprint density at radius 2 is 2.26 bits per heavy atom. The summed E-state index contributed by atoms with van der Waals surface area (Å²) in [4.78, 5) is 4.33. The summed E-state index contributed by atoms with van der Waals surface area (Å²) in [5.41, 5.74) is 1.44. The van der Waals surface area contributed by atoms with Gasteiger partial charge >= 0.3 is 0 Å². The number of nitrogens with one attached hydrogen (secondary N) is 1. The first kappa shape index (κ1) is 14.2. The van der Waals surface area contributed by atoms with Crippen LogP contribution in [0, 0.1) is 5.82 Å². The fraction of sp³-hybridized carbons (Fsp3) is 0.357. The second-order valence-electron chi connectivity index (χ2n) is 4.49. The molecule has 0 aliphatic carbocycles. The van der Waals surface area contributed by atoms with Crippen LogP contribution in [-0.2, 0) is 7.05 Å². The van der Waals surface area contributed by atoms with Gasteiger partial charge in [-0.15, -0.1) is 0 Å². The van der Waals surface area contributed by atoms with Crippen LogP contribution in [0.5, 0.6) is 0 Å². The first-order valence-corrected chi connectivity index (χ1v) is 7.08. The molecule has 1 unspecified atom stereocenters. The van der Waals surface area contributed by atoms with Gasteiger partial charge in [0.05, 0.1) is 22.5 Å². The van der Waals surface area contributed by atoms with E-state index in [1.54, 1.807) is 18.5 Å². The van der Waals surface area contributed by atoms with E-state index < -0.39 is 0 Å². The summed E-state index contributed by atoms with van der Waals surface area (Å²) < 4.78 is 16.6. The third-order valence-corrected chi connectivity index (χ3v) is 3.52. The van der Waals surface area contributed by atoms with Gasteiger partial charge in [-0.05, 0) is 35.0 Å². The monoisotopic (exact) mass is 325 g/mol. The zero-order valence-corrected chi connectivity index (χ0v) is 12.6. The topological polar surface area (TPSA) is 29.9 Å². The van der Waals surface area contributed by atoms with Crippen LogP contribution in [0.4, 0.5) is 4.39 Å². The molecular weight excluding hydrogens is 309 g/mol. The lowest BCUT2D eigenvalue weighted by Crippen LogP contribution is -2.24.